The molecule has 2 aliphatic rings. The van der Waals surface area contributed by atoms with Gasteiger partial charge in [-0.05, 0) is 42.9 Å². The Morgan fingerprint density at radius 2 is 2.17 bits per heavy atom. The Kier molecular flexibility index (Phi) is 3.85. The molecule has 2 atom stereocenters. The third-order valence-electron chi connectivity index (χ3n) is 5.38. The summed E-state index contributed by atoms with van der Waals surface area (Å²) in [5, 5.41) is 5.02. The molecule has 1 aliphatic heterocycles. The summed E-state index contributed by atoms with van der Waals surface area (Å²) in [6, 6.07) is 9.05. The number of amides is 1. The number of nitrogens with zero attached hydrogens (tertiary/aromatic N) is 1. The first-order chi connectivity index (χ1) is 11.2. The molecule has 1 saturated heterocycles. The molecular weight excluding hydrogens is 286 g/mol. The van der Waals surface area contributed by atoms with E-state index in [-0.39, 0.29) is 0 Å². The van der Waals surface area contributed by atoms with E-state index in [1.807, 2.05) is 6.20 Å². The lowest BCUT2D eigenvalue weighted by Gasteiger charge is -2.37. The van der Waals surface area contributed by atoms with E-state index in [1.165, 1.54) is 16.5 Å². The third kappa shape index (κ3) is 3.00. The summed E-state index contributed by atoms with van der Waals surface area (Å²) < 4.78 is 0. The minimum atomic E-state index is 0.345. The number of hydrogen-bond donors (Lipinski definition) is 2. The van der Waals surface area contributed by atoms with Crippen molar-refractivity contribution in [2.24, 2.45) is 11.8 Å². The van der Waals surface area contributed by atoms with Crippen molar-refractivity contribution >= 4 is 16.8 Å². The van der Waals surface area contributed by atoms with Crippen LogP contribution in [0.15, 0.2) is 30.5 Å². The molecule has 0 unspecified atom stereocenters. The lowest BCUT2D eigenvalue weighted by atomic mass is 9.93. The first-order valence-corrected chi connectivity index (χ1v) is 8.79. The fourth-order valence-electron chi connectivity index (χ4n) is 3.78. The van der Waals surface area contributed by atoms with Crippen molar-refractivity contribution in [3.8, 4) is 0 Å². The average molecular weight is 311 g/mol. The second-order valence-electron chi connectivity index (χ2n) is 7.17. The minimum Gasteiger partial charge on any atom is -0.361 e. The standard InChI is InChI=1S/C19H25N3O/c1-13-12-22(19(23)14-5-6-14)10-8-17(13)21-11-15-3-2-4-18-16(15)7-9-20-18/h2-4,7,9,13-14,17,20-21H,5-6,8,10-12H2,1H3/t13-,17+/m0/s1. The molecule has 23 heavy (non-hydrogen) atoms. The summed E-state index contributed by atoms with van der Waals surface area (Å²) in [5.74, 6) is 1.25. The predicted molar refractivity (Wildman–Crippen MR) is 92.0 cm³/mol. The first kappa shape index (κ1) is 14.8. The SMILES string of the molecule is C[C@H]1CN(C(=O)C2CC2)CC[C@H]1NCc1cccc2[nH]ccc12. The van der Waals surface area contributed by atoms with Crippen molar-refractivity contribution in [2.75, 3.05) is 13.1 Å². The van der Waals surface area contributed by atoms with Gasteiger partial charge in [0, 0.05) is 48.7 Å². The molecule has 0 bridgehead atoms. The Hall–Kier alpha value is -1.81. The Labute approximate surface area is 137 Å². The van der Waals surface area contributed by atoms with Gasteiger partial charge in [0.15, 0.2) is 0 Å². The summed E-state index contributed by atoms with van der Waals surface area (Å²) in [6.45, 7) is 4.97. The van der Waals surface area contributed by atoms with E-state index < -0.39 is 0 Å². The number of rotatable bonds is 4. The van der Waals surface area contributed by atoms with Gasteiger partial charge in [-0.2, -0.15) is 0 Å². The number of carbonyl (C=O) groups is 1. The molecule has 4 nitrogen and oxygen atoms in total. The van der Waals surface area contributed by atoms with Crippen LogP contribution < -0.4 is 5.32 Å². The molecule has 1 aromatic heterocycles. The Balaban J connectivity index is 1.36. The molecule has 2 N–H and O–H groups in total. The second kappa shape index (κ2) is 6.00. The van der Waals surface area contributed by atoms with Gasteiger partial charge in [0.25, 0.3) is 0 Å². The van der Waals surface area contributed by atoms with E-state index in [0.29, 0.717) is 23.8 Å². The van der Waals surface area contributed by atoms with Crippen molar-refractivity contribution in [3.63, 3.8) is 0 Å². The predicted octanol–water partition coefficient (Wildman–Crippen LogP) is 2.90. The monoisotopic (exact) mass is 311 g/mol. The molecule has 1 aliphatic carbocycles. The molecule has 4 rings (SSSR count). The number of nitrogens with one attached hydrogen (secondary N) is 2. The van der Waals surface area contributed by atoms with Crippen molar-refractivity contribution in [3.05, 3.63) is 36.0 Å². The Bertz CT molecular complexity index is 703. The van der Waals surface area contributed by atoms with Gasteiger partial charge >= 0.3 is 0 Å². The number of aromatic amines is 1. The highest BCUT2D eigenvalue weighted by atomic mass is 16.2. The van der Waals surface area contributed by atoms with E-state index in [2.05, 4.69) is 46.4 Å². The lowest BCUT2D eigenvalue weighted by molar-refractivity contribution is -0.134. The van der Waals surface area contributed by atoms with Gasteiger partial charge in [-0.1, -0.05) is 19.1 Å². The largest absolute Gasteiger partial charge is 0.361 e. The zero-order chi connectivity index (χ0) is 15.8. The highest BCUT2D eigenvalue weighted by Gasteiger charge is 2.36. The summed E-state index contributed by atoms with van der Waals surface area (Å²) in [4.78, 5) is 17.6. The van der Waals surface area contributed by atoms with Crippen LogP contribution in [0.4, 0.5) is 0 Å². The minimum absolute atomic E-state index is 0.345. The lowest BCUT2D eigenvalue weighted by Crippen LogP contribution is -2.50. The zero-order valence-corrected chi connectivity index (χ0v) is 13.7. The van der Waals surface area contributed by atoms with Crippen LogP contribution >= 0.6 is 0 Å². The number of H-pyrrole nitrogens is 1. The van der Waals surface area contributed by atoms with E-state index in [9.17, 15) is 4.79 Å². The van der Waals surface area contributed by atoms with Crippen LogP contribution in [-0.2, 0) is 11.3 Å². The zero-order valence-electron chi connectivity index (χ0n) is 13.7. The first-order valence-electron chi connectivity index (χ1n) is 8.79. The smallest absolute Gasteiger partial charge is 0.225 e. The van der Waals surface area contributed by atoms with Gasteiger partial charge in [0.05, 0.1) is 0 Å². The van der Waals surface area contributed by atoms with Crippen LogP contribution in [0.5, 0.6) is 0 Å². The number of piperidine rings is 1. The number of likely N-dealkylation sites (tertiary alicyclic amines) is 1. The maximum Gasteiger partial charge on any atom is 0.225 e. The van der Waals surface area contributed by atoms with Gasteiger partial charge in [0.1, 0.15) is 0 Å². The maximum atomic E-state index is 12.2. The molecule has 2 aromatic rings. The highest BCUT2D eigenvalue weighted by molar-refractivity contribution is 5.83. The molecule has 4 heteroatoms. The molecule has 1 aromatic carbocycles. The van der Waals surface area contributed by atoms with Crippen LogP contribution in [-0.4, -0.2) is 34.9 Å². The third-order valence-corrected chi connectivity index (χ3v) is 5.38. The van der Waals surface area contributed by atoms with Crippen LogP contribution in [0.3, 0.4) is 0 Å². The normalized spacial score (nSPS) is 25.0. The van der Waals surface area contributed by atoms with Crippen LogP contribution in [0.2, 0.25) is 0 Å². The molecule has 2 fully saturated rings. The number of benzene rings is 1. The average Bonchev–Trinajstić information content (AvgIpc) is 3.30. The van der Waals surface area contributed by atoms with Gasteiger partial charge < -0.3 is 15.2 Å². The van der Waals surface area contributed by atoms with Crippen LogP contribution in [0, 0.1) is 11.8 Å². The fourth-order valence-corrected chi connectivity index (χ4v) is 3.78. The van der Waals surface area contributed by atoms with Crippen LogP contribution in [0.1, 0.15) is 31.7 Å². The summed E-state index contributed by atoms with van der Waals surface area (Å²) in [7, 11) is 0. The van der Waals surface area contributed by atoms with Crippen molar-refractivity contribution in [1.29, 1.82) is 0 Å². The number of hydrogen-bond acceptors (Lipinski definition) is 2. The molecule has 2 heterocycles. The summed E-state index contributed by atoms with van der Waals surface area (Å²) >= 11 is 0. The number of carbonyl (C=O) groups excluding carboxylic acids is 1. The summed E-state index contributed by atoms with van der Waals surface area (Å²) in [5.41, 5.74) is 2.54. The van der Waals surface area contributed by atoms with Crippen LogP contribution in [0.25, 0.3) is 10.9 Å². The van der Waals surface area contributed by atoms with Crippen molar-refractivity contribution < 1.29 is 4.79 Å². The van der Waals surface area contributed by atoms with Crippen molar-refractivity contribution in [2.45, 2.75) is 38.8 Å². The van der Waals surface area contributed by atoms with Gasteiger partial charge in [0.2, 0.25) is 5.91 Å². The summed E-state index contributed by atoms with van der Waals surface area (Å²) in [6.07, 6.45) is 5.26. The quantitative estimate of drug-likeness (QED) is 0.912. The van der Waals surface area contributed by atoms with E-state index >= 15 is 0 Å². The van der Waals surface area contributed by atoms with Gasteiger partial charge in [-0.3, -0.25) is 4.79 Å². The number of fused-ring (bicyclic) bond motifs is 1. The van der Waals surface area contributed by atoms with E-state index in [4.69, 9.17) is 0 Å². The van der Waals surface area contributed by atoms with E-state index in [1.54, 1.807) is 0 Å². The van der Waals surface area contributed by atoms with Gasteiger partial charge in [-0.25, -0.2) is 0 Å². The number of aromatic nitrogens is 1. The topological polar surface area (TPSA) is 48.1 Å². The molecule has 1 amide bonds. The Morgan fingerprint density at radius 3 is 2.96 bits per heavy atom. The second-order valence-corrected chi connectivity index (χ2v) is 7.17. The Morgan fingerprint density at radius 1 is 1.30 bits per heavy atom. The molecule has 1 saturated carbocycles. The molecule has 0 radical (unpaired) electrons. The fraction of sp³-hybridized carbons (Fsp3) is 0.526. The molecule has 0 spiro atoms. The van der Waals surface area contributed by atoms with E-state index in [0.717, 1.165) is 38.9 Å². The van der Waals surface area contributed by atoms with Crippen molar-refractivity contribution in [1.82, 2.24) is 15.2 Å². The van der Waals surface area contributed by atoms with Gasteiger partial charge in [-0.15, -0.1) is 0 Å². The maximum absolute atomic E-state index is 12.2. The molecule has 122 valence electrons. The molecular formula is C19H25N3O. The highest BCUT2D eigenvalue weighted by Crippen LogP contribution is 2.32.